The molecule has 0 aliphatic carbocycles. The van der Waals surface area contributed by atoms with Gasteiger partial charge in [-0.2, -0.15) is 19.9 Å². The second-order valence-electron chi connectivity index (χ2n) is 15.7. The zero-order valence-corrected chi connectivity index (χ0v) is 35.7. The summed E-state index contributed by atoms with van der Waals surface area (Å²) < 4.78 is 0. The van der Waals surface area contributed by atoms with Gasteiger partial charge >= 0.3 is 0 Å². The average Bonchev–Trinajstić information content (AvgIpc) is 3.29. The van der Waals surface area contributed by atoms with Gasteiger partial charge in [0.2, 0.25) is 11.9 Å². The zero-order chi connectivity index (χ0) is 42.7. The van der Waals surface area contributed by atoms with Crippen molar-refractivity contribution in [1.82, 2.24) is 29.9 Å². The zero-order valence-electron chi connectivity index (χ0n) is 35.7. The van der Waals surface area contributed by atoms with Gasteiger partial charge in [0.25, 0.3) is 0 Å². The minimum absolute atomic E-state index is 0.357. The Kier molecular flexibility index (Phi) is 10.9. The molecule has 0 bridgehead atoms. The Morgan fingerprint density at radius 1 is 0.290 bits per heavy atom. The fraction of sp³-hybridized carbons (Fsp3) is 0.111. The Morgan fingerprint density at radius 2 is 0.581 bits per heavy atom. The van der Waals surface area contributed by atoms with E-state index in [4.69, 9.17) is 29.9 Å². The normalized spacial score (nSPS) is 11.1. The van der Waals surface area contributed by atoms with Crippen LogP contribution < -0.4 is 9.80 Å². The summed E-state index contributed by atoms with van der Waals surface area (Å²) in [7, 11) is 0. The third kappa shape index (κ3) is 8.06. The van der Waals surface area contributed by atoms with Crippen LogP contribution >= 0.6 is 0 Å². The third-order valence-corrected chi connectivity index (χ3v) is 10.8. The first-order valence-corrected chi connectivity index (χ1v) is 20.8. The predicted octanol–water partition coefficient (Wildman–Crippen LogP) is 13.5. The van der Waals surface area contributed by atoms with E-state index in [0.29, 0.717) is 35.2 Å². The molecular formula is C54H46N8. The maximum absolute atomic E-state index is 5.24. The second-order valence-corrected chi connectivity index (χ2v) is 15.7. The van der Waals surface area contributed by atoms with E-state index in [9.17, 15) is 0 Å². The Balaban J connectivity index is 1.35. The number of aromatic nitrogens is 6. The number of hydrogen-bond acceptors (Lipinski definition) is 8. The average molecular weight is 807 g/mol. The van der Waals surface area contributed by atoms with Crippen LogP contribution in [-0.4, -0.2) is 29.9 Å². The van der Waals surface area contributed by atoms with Crippen LogP contribution in [-0.2, 0) is 0 Å². The Bertz CT molecular complexity index is 2680. The van der Waals surface area contributed by atoms with Crippen LogP contribution in [0.3, 0.4) is 0 Å². The molecule has 0 aliphatic heterocycles. The van der Waals surface area contributed by atoms with Gasteiger partial charge in [-0.1, -0.05) is 163 Å². The van der Waals surface area contributed by atoms with Crippen molar-refractivity contribution in [1.29, 1.82) is 0 Å². The molecule has 0 fully saturated rings. The second kappa shape index (κ2) is 17.0. The van der Waals surface area contributed by atoms with Crippen LogP contribution in [0.2, 0.25) is 0 Å². The lowest BCUT2D eigenvalue weighted by atomic mass is 9.98. The van der Waals surface area contributed by atoms with Crippen molar-refractivity contribution in [2.75, 3.05) is 9.80 Å². The van der Waals surface area contributed by atoms with Gasteiger partial charge in [-0.15, -0.1) is 0 Å². The number of aryl methyl sites for hydroxylation is 6. The molecule has 8 heteroatoms. The van der Waals surface area contributed by atoms with E-state index in [-0.39, 0.29) is 0 Å². The molecule has 0 saturated heterocycles. The Labute approximate surface area is 363 Å². The van der Waals surface area contributed by atoms with Gasteiger partial charge in [0.15, 0.2) is 23.3 Å². The molecule has 0 aliphatic rings. The monoisotopic (exact) mass is 806 g/mol. The lowest BCUT2D eigenvalue weighted by molar-refractivity contribution is 0.964. The third-order valence-electron chi connectivity index (χ3n) is 10.8. The predicted molar refractivity (Wildman–Crippen MR) is 253 cm³/mol. The van der Waals surface area contributed by atoms with E-state index in [1.165, 1.54) is 33.4 Å². The molecule has 0 unspecified atom stereocenters. The quantitative estimate of drug-likeness (QED) is 0.135. The summed E-state index contributed by atoms with van der Waals surface area (Å²) in [5.41, 5.74) is 14.6. The molecule has 0 radical (unpaired) electrons. The summed E-state index contributed by atoms with van der Waals surface area (Å²) in [4.78, 5) is 35.4. The van der Waals surface area contributed by atoms with Crippen molar-refractivity contribution in [3.63, 3.8) is 0 Å². The maximum Gasteiger partial charge on any atom is 0.241 e. The summed E-state index contributed by atoms with van der Waals surface area (Å²) in [6.45, 7) is 13.1. The van der Waals surface area contributed by atoms with Crippen LogP contribution in [0.15, 0.2) is 170 Å². The van der Waals surface area contributed by atoms with Crippen LogP contribution in [0, 0.1) is 41.5 Å². The van der Waals surface area contributed by atoms with Gasteiger partial charge in [-0.05, 0) is 82.0 Å². The highest BCUT2D eigenvalue weighted by molar-refractivity contribution is 5.86. The van der Waals surface area contributed by atoms with Gasteiger partial charge < -0.3 is 4.90 Å². The van der Waals surface area contributed by atoms with Crippen molar-refractivity contribution in [3.8, 4) is 45.6 Å². The molecule has 0 atom stereocenters. The fourth-order valence-corrected chi connectivity index (χ4v) is 8.31. The summed E-state index contributed by atoms with van der Waals surface area (Å²) in [5, 5.41) is 0. The van der Waals surface area contributed by atoms with Crippen LogP contribution in [0.4, 0.5) is 34.6 Å². The van der Waals surface area contributed by atoms with Crippen molar-refractivity contribution in [2.24, 2.45) is 0 Å². The van der Waals surface area contributed by atoms with Crippen LogP contribution in [0.1, 0.15) is 33.4 Å². The van der Waals surface area contributed by atoms with E-state index in [1.54, 1.807) is 0 Å². The number of rotatable bonds is 10. The Hall–Kier alpha value is -7.84. The van der Waals surface area contributed by atoms with E-state index >= 15 is 0 Å². The summed E-state index contributed by atoms with van der Waals surface area (Å²) in [6.07, 6.45) is 0. The number of benzene rings is 7. The molecule has 9 aromatic rings. The molecule has 8 nitrogen and oxygen atoms in total. The van der Waals surface area contributed by atoms with Crippen LogP contribution in [0.25, 0.3) is 45.6 Å². The van der Waals surface area contributed by atoms with Gasteiger partial charge in [-0.25, -0.2) is 14.9 Å². The molecule has 2 aromatic heterocycles. The molecule has 0 N–H and O–H groups in total. The fourth-order valence-electron chi connectivity index (χ4n) is 8.31. The minimum Gasteiger partial charge on any atom is -0.309 e. The van der Waals surface area contributed by atoms with E-state index < -0.39 is 0 Å². The first-order valence-electron chi connectivity index (χ1n) is 20.8. The number of hydrogen-bond donors (Lipinski definition) is 0. The maximum atomic E-state index is 5.24. The first-order chi connectivity index (χ1) is 30.2. The SMILES string of the molecule is Cc1cc(C)c(N(c2cccc(N(c3nc(-c4ccccc4)nc(-c4ccccc4)n3)c3nc(-c4ccccc4)nc(-c4ccccc4)n3)c2)c2c(C)cc(C)cc2C)c(C)c1. The van der Waals surface area contributed by atoms with Gasteiger partial charge in [0.05, 0.1) is 17.1 Å². The summed E-state index contributed by atoms with van der Waals surface area (Å²) in [6, 6.07) is 57.5. The highest BCUT2D eigenvalue weighted by Gasteiger charge is 2.27. The molecule has 9 rings (SSSR count). The molecule has 0 saturated carbocycles. The van der Waals surface area contributed by atoms with Crippen molar-refractivity contribution < 1.29 is 0 Å². The number of nitrogens with zero attached hydrogens (tertiary/aromatic N) is 8. The smallest absolute Gasteiger partial charge is 0.241 e. The van der Waals surface area contributed by atoms with Crippen LogP contribution in [0.5, 0.6) is 0 Å². The summed E-state index contributed by atoms with van der Waals surface area (Å²) >= 11 is 0. The van der Waals surface area contributed by atoms with Crippen molar-refractivity contribution in [2.45, 2.75) is 41.5 Å². The molecule has 7 aromatic carbocycles. The number of anilines is 6. The van der Waals surface area contributed by atoms with Crippen molar-refractivity contribution >= 4 is 34.6 Å². The van der Waals surface area contributed by atoms with E-state index in [2.05, 4.69) is 95.0 Å². The van der Waals surface area contributed by atoms with E-state index in [0.717, 1.165) is 45.0 Å². The topological polar surface area (TPSA) is 83.8 Å². The largest absolute Gasteiger partial charge is 0.309 e. The lowest BCUT2D eigenvalue weighted by Gasteiger charge is -2.32. The molecule has 62 heavy (non-hydrogen) atoms. The molecule has 0 amide bonds. The van der Waals surface area contributed by atoms with Gasteiger partial charge in [-0.3, -0.25) is 0 Å². The standard InChI is InChI=1S/C54H46N8/c1-35-30-37(3)47(38(4)31-35)61(48-39(5)32-36(2)33-40(48)6)45-28-19-29-46(34-45)62(53-57-49(41-20-11-7-12-21-41)55-50(58-53)42-22-13-8-14-23-42)54-59-51(43-24-15-9-16-25-43)56-52(60-54)44-26-17-10-18-27-44/h7-34H,1-6H3. The highest BCUT2D eigenvalue weighted by atomic mass is 15.4. The van der Waals surface area contributed by atoms with E-state index in [1.807, 2.05) is 126 Å². The summed E-state index contributed by atoms with van der Waals surface area (Å²) in [5.74, 6) is 2.81. The van der Waals surface area contributed by atoms with Crippen molar-refractivity contribution in [3.05, 3.63) is 203 Å². The minimum atomic E-state index is 0.357. The molecule has 302 valence electrons. The van der Waals surface area contributed by atoms with Gasteiger partial charge in [0.1, 0.15) is 0 Å². The van der Waals surface area contributed by atoms with Gasteiger partial charge in [0, 0.05) is 27.9 Å². The molecular weight excluding hydrogens is 761 g/mol. The lowest BCUT2D eigenvalue weighted by Crippen LogP contribution is -2.20. The highest BCUT2D eigenvalue weighted by Crippen LogP contribution is 2.45. The first kappa shape index (κ1) is 39.6. The molecule has 2 heterocycles. The Morgan fingerprint density at radius 3 is 0.887 bits per heavy atom. The molecule has 0 spiro atoms.